The van der Waals surface area contributed by atoms with Crippen LogP contribution in [0, 0.1) is 5.92 Å². The van der Waals surface area contributed by atoms with Gasteiger partial charge in [-0.1, -0.05) is 19.1 Å². The number of nitrogens with one attached hydrogen (secondary N) is 1. The summed E-state index contributed by atoms with van der Waals surface area (Å²) in [6, 6.07) is 0. The molecule has 2 atom stereocenters. The first-order valence-corrected chi connectivity index (χ1v) is 2.85. The molecule has 1 N–H and O–H groups in total. The van der Waals surface area contributed by atoms with Crippen LogP contribution < -0.4 is 5.32 Å². The maximum absolute atomic E-state index is 12.4. The Morgan fingerprint density at radius 2 is 2.50 bits per heavy atom. The SMILES string of the molecule is CC1C=CCNC1F. The van der Waals surface area contributed by atoms with Crippen LogP contribution in [0.3, 0.4) is 0 Å². The quantitative estimate of drug-likeness (QED) is 0.368. The zero-order valence-electron chi connectivity index (χ0n) is 4.89. The van der Waals surface area contributed by atoms with Crippen LogP contribution in [-0.2, 0) is 0 Å². The fourth-order valence-corrected chi connectivity index (χ4v) is 0.747. The molecule has 46 valence electrons. The van der Waals surface area contributed by atoms with Gasteiger partial charge in [0.1, 0.15) is 0 Å². The second-order valence-electron chi connectivity index (χ2n) is 2.10. The van der Waals surface area contributed by atoms with Crippen molar-refractivity contribution < 1.29 is 4.39 Å². The van der Waals surface area contributed by atoms with Crippen molar-refractivity contribution in [2.24, 2.45) is 5.92 Å². The molecule has 2 heteroatoms. The average Bonchev–Trinajstić information content (AvgIpc) is 1.77. The van der Waals surface area contributed by atoms with E-state index >= 15 is 0 Å². The Morgan fingerprint density at radius 1 is 1.75 bits per heavy atom. The molecule has 0 radical (unpaired) electrons. The predicted octanol–water partition coefficient (Wildman–Crippen LogP) is 1.08. The lowest BCUT2D eigenvalue weighted by atomic mass is 10.1. The van der Waals surface area contributed by atoms with Crippen molar-refractivity contribution in [3.05, 3.63) is 12.2 Å². The molecule has 0 aromatic heterocycles. The highest BCUT2D eigenvalue weighted by Gasteiger charge is 2.13. The Morgan fingerprint density at radius 3 is 2.88 bits per heavy atom. The number of alkyl halides is 1. The maximum Gasteiger partial charge on any atom is 0.157 e. The molecule has 0 saturated heterocycles. The summed E-state index contributed by atoms with van der Waals surface area (Å²) in [6.07, 6.45) is 3.00. The van der Waals surface area contributed by atoms with Crippen LogP contribution >= 0.6 is 0 Å². The third kappa shape index (κ3) is 1.07. The second-order valence-corrected chi connectivity index (χ2v) is 2.10. The first-order valence-electron chi connectivity index (χ1n) is 2.85. The first-order chi connectivity index (χ1) is 3.80. The summed E-state index contributed by atoms with van der Waals surface area (Å²) in [6.45, 7) is 2.53. The molecular weight excluding hydrogens is 105 g/mol. The van der Waals surface area contributed by atoms with Crippen LogP contribution in [-0.4, -0.2) is 12.8 Å². The average molecular weight is 115 g/mol. The van der Waals surface area contributed by atoms with Crippen molar-refractivity contribution in [1.82, 2.24) is 5.32 Å². The highest BCUT2D eigenvalue weighted by Crippen LogP contribution is 2.08. The van der Waals surface area contributed by atoms with Crippen LogP contribution in [0.1, 0.15) is 6.92 Å². The minimum atomic E-state index is -0.833. The van der Waals surface area contributed by atoms with Gasteiger partial charge in [0.25, 0.3) is 0 Å². The minimum Gasteiger partial charge on any atom is -0.284 e. The highest BCUT2D eigenvalue weighted by atomic mass is 19.1. The van der Waals surface area contributed by atoms with Gasteiger partial charge in [-0.3, -0.25) is 5.32 Å². The molecule has 1 nitrogen and oxygen atoms in total. The number of hydrogen-bond donors (Lipinski definition) is 1. The van der Waals surface area contributed by atoms with Crippen LogP contribution in [0.25, 0.3) is 0 Å². The first kappa shape index (κ1) is 5.76. The number of rotatable bonds is 0. The van der Waals surface area contributed by atoms with E-state index in [1.165, 1.54) is 0 Å². The lowest BCUT2D eigenvalue weighted by Crippen LogP contribution is -2.33. The fraction of sp³-hybridized carbons (Fsp3) is 0.667. The number of halogens is 1. The van der Waals surface area contributed by atoms with Crippen molar-refractivity contribution in [1.29, 1.82) is 0 Å². The Kier molecular flexibility index (Phi) is 1.63. The molecule has 0 aromatic carbocycles. The van der Waals surface area contributed by atoms with Crippen LogP contribution in [0.5, 0.6) is 0 Å². The maximum atomic E-state index is 12.4. The van der Waals surface area contributed by atoms with Gasteiger partial charge >= 0.3 is 0 Å². The summed E-state index contributed by atoms with van der Waals surface area (Å²) >= 11 is 0. The normalized spacial score (nSPS) is 37.8. The largest absolute Gasteiger partial charge is 0.284 e. The zero-order chi connectivity index (χ0) is 5.98. The summed E-state index contributed by atoms with van der Waals surface area (Å²) in [5, 5.41) is 2.68. The Hall–Kier alpha value is -0.370. The topological polar surface area (TPSA) is 12.0 Å². The lowest BCUT2D eigenvalue weighted by molar-refractivity contribution is 0.222. The van der Waals surface area contributed by atoms with Gasteiger partial charge in [-0.05, 0) is 0 Å². The molecule has 1 aliphatic heterocycles. The number of hydrogen-bond acceptors (Lipinski definition) is 1. The molecule has 0 aromatic rings. The molecule has 0 spiro atoms. The second kappa shape index (κ2) is 2.27. The van der Waals surface area contributed by atoms with Gasteiger partial charge in [0.05, 0.1) is 0 Å². The Balaban J connectivity index is 2.47. The van der Waals surface area contributed by atoms with Crippen LogP contribution in [0.4, 0.5) is 4.39 Å². The van der Waals surface area contributed by atoms with Gasteiger partial charge in [-0.15, -0.1) is 0 Å². The van der Waals surface area contributed by atoms with Crippen LogP contribution in [0.2, 0.25) is 0 Å². The van der Waals surface area contributed by atoms with E-state index in [1.54, 1.807) is 0 Å². The van der Waals surface area contributed by atoms with Gasteiger partial charge in [-0.2, -0.15) is 0 Å². The van der Waals surface area contributed by atoms with E-state index in [2.05, 4.69) is 5.32 Å². The summed E-state index contributed by atoms with van der Waals surface area (Å²) < 4.78 is 12.4. The van der Waals surface area contributed by atoms with Crippen molar-refractivity contribution in [2.75, 3.05) is 6.54 Å². The Bertz CT molecular complexity index is 101. The summed E-state index contributed by atoms with van der Waals surface area (Å²) in [4.78, 5) is 0. The molecule has 0 bridgehead atoms. The van der Waals surface area contributed by atoms with Crippen molar-refractivity contribution in [2.45, 2.75) is 13.2 Å². The van der Waals surface area contributed by atoms with E-state index in [1.807, 2.05) is 19.1 Å². The molecule has 1 heterocycles. The molecule has 0 amide bonds. The van der Waals surface area contributed by atoms with E-state index in [0.29, 0.717) is 6.54 Å². The van der Waals surface area contributed by atoms with Gasteiger partial charge in [-0.25, -0.2) is 4.39 Å². The molecule has 2 unspecified atom stereocenters. The Labute approximate surface area is 48.6 Å². The predicted molar refractivity (Wildman–Crippen MR) is 31.2 cm³/mol. The van der Waals surface area contributed by atoms with Gasteiger partial charge in [0, 0.05) is 12.5 Å². The summed E-state index contributed by atoms with van der Waals surface area (Å²) in [5.74, 6) is 0.0451. The highest BCUT2D eigenvalue weighted by molar-refractivity contribution is 4.95. The van der Waals surface area contributed by atoms with Crippen LogP contribution in [0.15, 0.2) is 12.2 Å². The monoisotopic (exact) mass is 115 g/mol. The van der Waals surface area contributed by atoms with Crippen molar-refractivity contribution in [3.63, 3.8) is 0 Å². The van der Waals surface area contributed by atoms with E-state index in [4.69, 9.17) is 0 Å². The lowest BCUT2D eigenvalue weighted by Gasteiger charge is -2.17. The zero-order valence-corrected chi connectivity index (χ0v) is 4.89. The molecule has 1 rings (SSSR count). The molecular formula is C6H10FN. The third-order valence-corrected chi connectivity index (χ3v) is 1.33. The molecule has 8 heavy (non-hydrogen) atoms. The molecule has 0 aliphatic carbocycles. The van der Waals surface area contributed by atoms with Crippen molar-refractivity contribution >= 4 is 0 Å². The van der Waals surface area contributed by atoms with E-state index in [-0.39, 0.29) is 5.92 Å². The smallest absolute Gasteiger partial charge is 0.157 e. The van der Waals surface area contributed by atoms with Gasteiger partial charge < -0.3 is 0 Å². The summed E-state index contributed by atoms with van der Waals surface area (Å²) in [5.41, 5.74) is 0. The molecule has 1 aliphatic rings. The fourth-order valence-electron chi connectivity index (χ4n) is 0.747. The minimum absolute atomic E-state index is 0.0451. The van der Waals surface area contributed by atoms with E-state index in [0.717, 1.165) is 0 Å². The van der Waals surface area contributed by atoms with E-state index < -0.39 is 6.30 Å². The van der Waals surface area contributed by atoms with E-state index in [9.17, 15) is 4.39 Å². The van der Waals surface area contributed by atoms with Crippen molar-refractivity contribution in [3.8, 4) is 0 Å². The van der Waals surface area contributed by atoms with Gasteiger partial charge in [0.2, 0.25) is 0 Å². The molecule has 0 saturated carbocycles. The molecule has 0 fully saturated rings. The third-order valence-electron chi connectivity index (χ3n) is 1.33. The standard InChI is InChI=1S/C6H10FN/c1-5-3-2-4-8-6(5)7/h2-3,5-6,8H,4H2,1H3. The van der Waals surface area contributed by atoms with Gasteiger partial charge in [0.15, 0.2) is 6.30 Å². The summed E-state index contributed by atoms with van der Waals surface area (Å²) in [7, 11) is 0.